The molecule has 0 fully saturated rings. The summed E-state index contributed by atoms with van der Waals surface area (Å²) in [6.45, 7) is 8.56. The van der Waals surface area contributed by atoms with Crippen LogP contribution in [0.2, 0.25) is 0 Å². The third-order valence-corrected chi connectivity index (χ3v) is 6.60. The Morgan fingerprint density at radius 1 is 1.17 bits per heavy atom. The minimum atomic E-state index is -0.366. The third-order valence-electron chi connectivity index (χ3n) is 5.14. The number of methoxy groups -OCH3 is 1. The molecule has 0 saturated carbocycles. The summed E-state index contributed by atoms with van der Waals surface area (Å²) in [5.74, 6) is 2.70. The van der Waals surface area contributed by atoms with E-state index in [0.717, 1.165) is 12.0 Å². The van der Waals surface area contributed by atoms with Crippen molar-refractivity contribution in [1.82, 2.24) is 0 Å². The van der Waals surface area contributed by atoms with Crippen LogP contribution in [0.15, 0.2) is 60.2 Å². The van der Waals surface area contributed by atoms with Gasteiger partial charge in [-0.15, -0.1) is 0 Å². The number of hydrogen-bond donors (Lipinski definition) is 0. The molecule has 0 saturated heterocycles. The van der Waals surface area contributed by atoms with Gasteiger partial charge < -0.3 is 0 Å². The van der Waals surface area contributed by atoms with Crippen LogP contribution in [0.3, 0.4) is 0 Å². The van der Waals surface area contributed by atoms with E-state index in [1.165, 1.54) is 45.5 Å². The summed E-state index contributed by atoms with van der Waals surface area (Å²) in [7, 11) is 1.37. The van der Waals surface area contributed by atoms with Gasteiger partial charge in [-0.2, -0.15) is 0 Å². The number of fused-ring (bicyclic) bond motifs is 1. The number of carbonyl (C=O) groups excluding carboxylic acids is 1. The number of hydrogen-bond acceptors (Lipinski definition) is 2. The molecule has 3 rings (SSSR count). The summed E-state index contributed by atoms with van der Waals surface area (Å²) in [5.41, 5.74) is 7.40. The predicted octanol–water partition coefficient (Wildman–Crippen LogP) is 4.52. The van der Waals surface area contributed by atoms with Crippen molar-refractivity contribution in [1.29, 1.82) is 0 Å². The van der Waals surface area contributed by atoms with Crippen LogP contribution in [-0.4, -0.2) is 28.0 Å². The molecule has 0 unspecified atom stereocenters. The molecule has 1 aliphatic carbocycles. The number of benzene rings is 2. The quantitative estimate of drug-likeness (QED) is 0.298. The van der Waals surface area contributed by atoms with Gasteiger partial charge in [-0.05, 0) is 0 Å². The van der Waals surface area contributed by atoms with Crippen LogP contribution in [0.5, 0.6) is 0 Å². The van der Waals surface area contributed by atoms with E-state index in [4.69, 9.17) is 0 Å². The van der Waals surface area contributed by atoms with E-state index in [2.05, 4.69) is 84.8 Å². The average molecular weight is 449 g/mol. The Morgan fingerprint density at radius 3 is 2.59 bits per heavy atom. The first-order valence-corrected chi connectivity index (χ1v) is 11.4. The molecule has 0 N–H and O–H groups in total. The number of aryl methyl sites for hydroxylation is 1. The van der Waals surface area contributed by atoms with Crippen LogP contribution in [0.25, 0.3) is 5.57 Å². The van der Waals surface area contributed by atoms with Crippen molar-refractivity contribution in [2.75, 3.05) is 7.11 Å². The van der Waals surface area contributed by atoms with Crippen LogP contribution in [-0.2, 0) is 14.9 Å². The van der Waals surface area contributed by atoms with Crippen molar-refractivity contribution in [3.63, 3.8) is 0 Å². The van der Waals surface area contributed by atoms with E-state index in [0.29, 0.717) is 0 Å². The Bertz CT molecular complexity index is 1040. The van der Waals surface area contributed by atoms with E-state index >= 15 is 0 Å². The van der Waals surface area contributed by atoms with Crippen molar-refractivity contribution in [2.24, 2.45) is 0 Å². The normalized spacial score (nSPS) is 14.9. The Labute approximate surface area is 180 Å². The molecule has 148 valence electrons. The monoisotopic (exact) mass is 450 g/mol. The SMILES string of the molecule is COC(=O)/C=C(\C)C#C[Se]c1ccc2c(c1)C(C)(C)CC=C2c1ccc(C)cc1. The Kier molecular flexibility index (Phi) is 6.48. The van der Waals surface area contributed by atoms with Gasteiger partial charge in [-0.25, -0.2) is 0 Å². The van der Waals surface area contributed by atoms with E-state index in [1.807, 2.05) is 6.92 Å². The van der Waals surface area contributed by atoms with Gasteiger partial charge in [0.15, 0.2) is 0 Å². The zero-order valence-electron chi connectivity index (χ0n) is 17.6. The van der Waals surface area contributed by atoms with Gasteiger partial charge in [0.1, 0.15) is 0 Å². The number of carbonyl (C=O) groups is 1. The number of allylic oxidation sites excluding steroid dienone is 2. The van der Waals surface area contributed by atoms with Crippen LogP contribution >= 0.6 is 0 Å². The molecule has 2 aromatic rings. The Hall–Kier alpha value is -2.53. The van der Waals surface area contributed by atoms with Crippen molar-refractivity contribution >= 4 is 31.0 Å². The van der Waals surface area contributed by atoms with E-state index in [-0.39, 0.29) is 26.3 Å². The maximum absolute atomic E-state index is 11.3. The van der Waals surface area contributed by atoms with Crippen LogP contribution in [0, 0.1) is 17.7 Å². The van der Waals surface area contributed by atoms with Crippen molar-refractivity contribution in [3.05, 3.63) is 82.4 Å². The third kappa shape index (κ3) is 5.10. The molecule has 0 spiro atoms. The predicted molar refractivity (Wildman–Crippen MR) is 121 cm³/mol. The van der Waals surface area contributed by atoms with Gasteiger partial charge in [0.2, 0.25) is 0 Å². The second kappa shape index (κ2) is 8.87. The van der Waals surface area contributed by atoms with E-state index in [9.17, 15) is 4.79 Å². The zero-order valence-corrected chi connectivity index (χ0v) is 19.3. The molecule has 0 amide bonds. The minimum absolute atomic E-state index is 0.0293. The molecule has 2 nitrogen and oxygen atoms in total. The molecule has 0 atom stereocenters. The summed E-state index contributed by atoms with van der Waals surface area (Å²) in [5, 5.41) is 0. The van der Waals surface area contributed by atoms with Gasteiger partial charge >= 0.3 is 180 Å². The topological polar surface area (TPSA) is 26.3 Å². The van der Waals surface area contributed by atoms with Crippen LogP contribution in [0.1, 0.15) is 49.4 Å². The fourth-order valence-corrected chi connectivity index (χ4v) is 4.75. The zero-order chi connectivity index (χ0) is 21.0. The van der Waals surface area contributed by atoms with Crippen LogP contribution < -0.4 is 4.46 Å². The second-order valence-corrected chi connectivity index (χ2v) is 9.80. The standard InChI is InChI=1S/C26H26O2Se/c1-18-6-8-20(9-7-18)22-12-14-26(3,4)24-17-21(10-11-23(22)24)29-15-13-19(2)16-25(27)28-5/h6-12,16-17H,14H2,1-5H3/b19-16+. The summed E-state index contributed by atoms with van der Waals surface area (Å²) in [6, 6.07) is 15.5. The van der Waals surface area contributed by atoms with Crippen molar-refractivity contribution in [3.8, 4) is 10.7 Å². The fourth-order valence-electron chi connectivity index (χ4n) is 3.40. The number of esters is 1. The van der Waals surface area contributed by atoms with Gasteiger partial charge in [-0.3, -0.25) is 0 Å². The summed E-state index contributed by atoms with van der Waals surface area (Å²) >= 11 is 0.0293. The van der Waals surface area contributed by atoms with Crippen molar-refractivity contribution < 1.29 is 9.53 Å². The molecule has 0 aromatic heterocycles. The van der Waals surface area contributed by atoms with Crippen LogP contribution in [0.4, 0.5) is 0 Å². The second-order valence-electron chi connectivity index (χ2n) is 7.96. The first-order valence-electron chi connectivity index (χ1n) is 9.66. The molecule has 0 radical (unpaired) electrons. The summed E-state index contributed by atoms with van der Waals surface area (Å²) in [6.07, 6.45) is 4.82. The number of rotatable bonds is 3. The van der Waals surface area contributed by atoms with Gasteiger partial charge in [-0.1, -0.05) is 0 Å². The molecular weight excluding hydrogens is 423 g/mol. The maximum atomic E-state index is 11.3. The van der Waals surface area contributed by atoms with Crippen molar-refractivity contribution in [2.45, 2.75) is 39.5 Å². The van der Waals surface area contributed by atoms with Gasteiger partial charge in [0, 0.05) is 0 Å². The number of ether oxygens (including phenoxy) is 1. The molecular formula is C26H26O2Se. The van der Waals surface area contributed by atoms with Gasteiger partial charge in [0.05, 0.1) is 0 Å². The van der Waals surface area contributed by atoms with E-state index < -0.39 is 0 Å². The first-order chi connectivity index (χ1) is 13.8. The summed E-state index contributed by atoms with van der Waals surface area (Å²) < 4.78 is 5.90. The summed E-state index contributed by atoms with van der Waals surface area (Å²) in [4.78, 5) is 14.5. The fraction of sp³-hybridized carbons (Fsp3) is 0.269. The molecule has 1 aliphatic rings. The first kappa shape index (κ1) is 21.2. The molecule has 0 heterocycles. The molecule has 0 aliphatic heterocycles. The Morgan fingerprint density at radius 2 is 1.90 bits per heavy atom. The molecule has 29 heavy (non-hydrogen) atoms. The molecule has 0 bridgehead atoms. The molecule has 2 aromatic carbocycles. The Balaban J connectivity index is 1.89. The van der Waals surface area contributed by atoms with Gasteiger partial charge in [0.25, 0.3) is 0 Å². The van der Waals surface area contributed by atoms with E-state index in [1.54, 1.807) is 0 Å². The average Bonchev–Trinajstić information content (AvgIpc) is 2.69. The molecule has 3 heteroatoms.